The van der Waals surface area contributed by atoms with Crippen LogP contribution in [0, 0.1) is 0 Å². The molecule has 0 rings (SSSR count). The van der Waals surface area contributed by atoms with Gasteiger partial charge in [0.1, 0.15) is 13.2 Å². The third kappa shape index (κ3) is 68.7. The molecule has 0 aromatic carbocycles. The summed E-state index contributed by atoms with van der Waals surface area (Å²) in [5.41, 5.74) is 0. The van der Waals surface area contributed by atoms with Gasteiger partial charge in [-0.05, 0) is 103 Å². The molecule has 0 aliphatic heterocycles. The lowest BCUT2D eigenvalue weighted by atomic mass is 10.0. The molecule has 0 aliphatic carbocycles. The summed E-state index contributed by atoms with van der Waals surface area (Å²) in [7, 11) is 0. The van der Waals surface area contributed by atoms with Gasteiger partial charge in [-0.1, -0.05) is 329 Å². The van der Waals surface area contributed by atoms with Crippen molar-refractivity contribution in [1.29, 1.82) is 0 Å². The molecule has 476 valence electrons. The monoisotopic (exact) mass is 1150 g/mol. The normalized spacial score (nSPS) is 12.8. The number of carbonyl (C=O) groups is 3. The zero-order chi connectivity index (χ0) is 59.9. The molecule has 1 unspecified atom stereocenters. The topological polar surface area (TPSA) is 78.9 Å². The molecule has 0 aliphatic rings. The number of hydrogen-bond acceptors (Lipinski definition) is 6. The van der Waals surface area contributed by atoms with Crippen molar-refractivity contribution < 1.29 is 28.6 Å². The third-order valence-corrected chi connectivity index (χ3v) is 15.3. The largest absolute Gasteiger partial charge is 0.462 e. The maximum Gasteiger partial charge on any atom is 0.306 e. The molecule has 0 aromatic rings. The minimum atomic E-state index is -0.778. The number of allylic oxidation sites excluding steroid dienone is 18. The highest BCUT2D eigenvalue weighted by Gasteiger charge is 2.19. The Labute approximate surface area is 514 Å². The fourth-order valence-corrected chi connectivity index (χ4v) is 10.1. The Balaban J connectivity index is 4.11. The second kappa shape index (κ2) is 70.6. The van der Waals surface area contributed by atoms with E-state index in [2.05, 4.69) is 130 Å². The second-order valence-corrected chi connectivity index (χ2v) is 23.4. The summed E-state index contributed by atoms with van der Waals surface area (Å²) in [6.45, 7) is 6.43. The van der Waals surface area contributed by atoms with E-state index in [1.807, 2.05) is 0 Å². The molecule has 0 radical (unpaired) electrons. The van der Waals surface area contributed by atoms with Gasteiger partial charge in [-0.25, -0.2) is 0 Å². The molecular formula is C77H132O6. The van der Waals surface area contributed by atoms with Crippen LogP contribution in [0.3, 0.4) is 0 Å². The fraction of sp³-hybridized carbons (Fsp3) is 0.727. The first-order chi connectivity index (χ1) is 41.0. The maximum absolute atomic E-state index is 12.9. The van der Waals surface area contributed by atoms with Gasteiger partial charge in [-0.2, -0.15) is 0 Å². The summed E-state index contributed by atoms with van der Waals surface area (Å²) in [6, 6.07) is 0. The number of ether oxygens (including phenoxy) is 3. The van der Waals surface area contributed by atoms with E-state index in [4.69, 9.17) is 14.2 Å². The van der Waals surface area contributed by atoms with E-state index in [0.29, 0.717) is 19.3 Å². The number of hydrogen-bond donors (Lipinski definition) is 0. The second-order valence-electron chi connectivity index (χ2n) is 23.4. The zero-order valence-corrected chi connectivity index (χ0v) is 54.7. The highest BCUT2D eigenvalue weighted by molar-refractivity contribution is 5.71. The molecule has 0 amide bonds. The molecule has 83 heavy (non-hydrogen) atoms. The molecule has 0 fully saturated rings. The van der Waals surface area contributed by atoms with Gasteiger partial charge in [0, 0.05) is 19.3 Å². The van der Waals surface area contributed by atoms with Crippen molar-refractivity contribution in [3.63, 3.8) is 0 Å². The summed E-state index contributed by atoms with van der Waals surface area (Å²) in [5.74, 6) is -0.868. The summed E-state index contributed by atoms with van der Waals surface area (Å²) in [5, 5.41) is 0. The van der Waals surface area contributed by atoms with E-state index < -0.39 is 6.10 Å². The lowest BCUT2D eigenvalue weighted by Crippen LogP contribution is -2.30. The van der Waals surface area contributed by atoms with Crippen molar-refractivity contribution >= 4 is 17.9 Å². The van der Waals surface area contributed by atoms with E-state index in [0.717, 1.165) is 116 Å². The molecule has 6 nitrogen and oxygen atoms in total. The predicted molar refractivity (Wildman–Crippen MR) is 362 cm³/mol. The van der Waals surface area contributed by atoms with E-state index in [9.17, 15) is 14.4 Å². The molecule has 0 bridgehead atoms. The van der Waals surface area contributed by atoms with Crippen molar-refractivity contribution in [3.05, 3.63) is 109 Å². The molecule has 6 heteroatoms. The van der Waals surface area contributed by atoms with Gasteiger partial charge in [0.15, 0.2) is 6.10 Å². The number of rotatable bonds is 64. The van der Waals surface area contributed by atoms with E-state index in [1.54, 1.807) is 0 Å². The predicted octanol–water partition coefficient (Wildman–Crippen LogP) is 24.6. The molecule has 1 atom stereocenters. The van der Waals surface area contributed by atoms with Crippen LogP contribution in [0.4, 0.5) is 0 Å². The number of unbranched alkanes of at least 4 members (excludes halogenated alkanes) is 35. The minimum Gasteiger partial charge on any atom is -0.462 e. The SMILES string of the molecule is CC/C=C\C/C=C\C/C=C\C/C=C\C/C=C\CCCCCCCCCCCCCCCCCCCC(=O)OCC(COC(=O)CCCCCCCCCCC)OC(=O)CCCCCCCCCCCC/C=C\C/C=C\C/C=C\C/C=C\CC. The summed E-state index contributed by atoms with van der Waals surface area (Å²) >= 11 is 0. The first-order valence-corrected chi connectivity index (χ1v) is 35.4. The van der Waals surface area contributed by atoms with Crippen LogP contribution in [0.25, 0.3) is 0 Å². The first kappa shape index (κ1) is 79.1. The molecule has 0 saturated heterocycles. The van der Waals surface area contributed by atoms with Crippen LogP contribution < -0.4 is 0 Å². The van der Waals surface area contributed by atoms with Gasteiger partial charge < -0.3 is 14.2 Å². The quantitative estimate of drug-likeness (QED) is 0.0261. The third-order valence-electron chi connectivity index (χ3n) is 15.3. The highest BCUT2D eigenvalue weighted by atomic mass is 16.6. The number of esters is 3. The maximum atomic E-state index is 12.9. The molecule has 0 spiro atoms. The fourth-order valence-electron chi connectivity index (χ4n) is 10.1. The zero-order valence-electron chi connectivity index (χ0n) is 54.7. The molecule has 0 N–H and O–H groups in total. The standard InChI is InChI=1S/C77H132O6/c1-4-7-10-13-16-19-21-23-25-27-29-31-33-34-35-36-37-38-39-40-41-42-44-45-47-49-51-53-55-58-61-64-67-70-76(79)82-73-74(72-81-75(78)69-66-63-60-57-18-15-12-9-6-3)83-77(80)71-68-65-62-59-56-54-52-50-48-46-43-32-30-28-26-24-22-20-17-14-11-8-5-2/h7-8,10-11,16-17,19-20,23-26,29-32,34-35,74H,4-6,9,12-15,18,21-22,27-28,33,36-73H2,1-3H3/b10-7-,11-8-,19-16-,20-17-,25-23-,26-24-,31-29-,32-30-,35-34-. The van der Waals surface area contributed by atoms with Crippen LogP contribution in [-0.2, 0) is 28.6 Å². The van der Waals surface area contributed by atoms with Gasteiger partial charge in [-0.3, -0.25) is 14.4 Å². The van der Waals surface area contributed by atoms with Crippen LogP contribution in [0.15, 0.2) is 109 Å². The minimum absolute atomic E-state index is 0.0754. The number of carbonyl (C=O) groups excluding carboxylic acids is 3. The summed E-state index contributed by atoms with van der Waals surface area (Å²) in [4.78, 5) is 38.3. The average molecular weight is 1150 g/mol. The Morgan fingerprint density at radius 3 is 0.735 bits per heavy atom. The molecule has 0 saturated carbocycles. The Kier molecular flexibility index (Phi) is 67.2. The van der Waals surface area contributed by atoms with E-state index in [1.165, 1.54) is 186 Å². The molecular weight excluding hydrogens is 1020 g/mol. The van der Waals surface area contributed by atoms with Crippen molar-refractivity contribution in [2.45, 2.75) is 348 Å². The van der Waals surface area contributed by atoms with Crippen LogP contribution >= 0.6 is 0 Å². The summed E-state index contributed by atoms with van der Waals surface area (Å²) in [6.07, 6.45) is 97.0. The Morgan fingerprint density at radius 1 is 0.253 bits per heavy atom. The summed E-state index contributed by atoms with van der Waals surface area (Å²) < 4.78 is 16.9. The van der Waals surface area contributed by atoms with Crippen molar-refractivity contribution in [3.8, 4) is 0 Å². The van der Waals surface area contributed by atoms with Crippen molar-refractivity contribution in [1.82, 2.24) is 0 Å². The van der Waals surface area contributed by atoms with Crippen molar-refractivity contribution in [2.24, 2.45) is 0 Å². The van der Waals surface area contributed by atoms with Crippen molar-refractivity contribution in [2.75, 3.05) is 13.2 Å². The van der Waals surface area contributed by atoms with Gasteiger partial charge in [-0.15, -0.1) is 0 Å². The van der Waals surface area contributed by atoms with Gasteiger partial charge in [0.2, 0.25) is 0 Å². The average Bonchev–Trinajstić information content (AvgIpc) is 3.49. The Hall–Kier alpha value is -3.93. The lowest BCUT2D eigenvalue weighted by Gasteiger charge is -2.18. The smallest absolute Gasteiger partial charge is 0.306 e. The first-order valence-electron chi connectivity index (χ1n) is 35.4. The van der Waals surface area contributed by atoms with Crippen LogP contribution in [0.1, 0.15) is 342 Å². The van der Waals surface area contributed by atoms with E-state index >= 15 is 0 Å². The highest BCUT2D eigenvalue weighted by Crippen LogP contribution is 2.17. The van der Waals surface area contributed by atoms with Crippen LogP contribution in [0.5, 0.6) is 0 Å². The molecule has 0 heterocycles. The van der Waals surface area contributed by atoms with Gasteiger partial charge >= 0.3 is 17.9 Å². The van der Waals surface area contributed by atoms with E-state index in [-0.39, 0.29) is 31.1 Å². The van der Waals surface area contributed by atoms with Crippen LogP contribution in [-0.4, -0.2) is 37.2 Å². The molecule has 0 aromatic heterocycles. The van der Waals surface area contributed by atoms with Gasteiger partial charge in [0.05, 0.1) is 0 Å². The lowest BCUT2D eigenvalue weighted by molar-refractivity contribution is -0.167. The van der Waals surface area contributed by atoms with Gasteiger partial charge in [0.25, 0.3) is 0 Å². The van der Waals surface area contributed by atoms with Crippen LogP contribution in [0.2, 0.25) is 0 Å². The Bertz CT molecular complexity index is 1660. The Morgan fingerprint density at radius 2 is 0.470 bits per heavy atom.